The van der Waals surface area contributed by atoms with Crippen molar-refractivity contribution in [3.8, 4) is 0 Å². The fraction of sp³-hybridized carbons (Fsp3) is 0.714. The molecule has 0 heterocycles. The van der Waals surface area contributed by atoms with Gasteiger partial charge in [0.15, 0.2) is 0 Å². The lowest BCUT2D eigenvalue weighted by molar-refractivity contribution is 0.137. The Hall–Kier alpha value is -0.0700. The predicted molar refractivity (Wildman–Crippen MR) is 45.1 cm³/mol. The standard InChI is InChI=1S/C7H15O2P/c1-6(2)8-10-9-7(3,4)5/h10H,1H2,2-5H3. The first-order valence-corrected chi connectivity index (χ1v) is 3.99. The summed E-state index contributed by atoms with van der Waals surface area (Å²) in [7, 11) is 0.0644. The molecule has 1 unspecified atom stereocenters. The Morgan fingerprint density at radius 1 is 1.40 bits per heavy atom. The van der Waals surface area contributed by atoms with E-state index in [9.17, 15) is 0 Å². The molecule has 0 saturated heterocycles. The van der Waals surface area contributed by atoms with E-state index >= 15 is 0 Å². The van der Waals surface area contributed by atoms with Crippen LogP contribution in [0.3, 0.4) is 0 Å². The van der Waals surface area contributed by atoms with Crippen LogP contribution in [0.1, 0.15) is 27.7 Å². The zero-order valence-corrected chi connectivity index (χ0v) is 8.02. The Labute approximate surface area is 64.6 Å². The van der Waals surface area contributed by atoms with Crippen molar-refractivity contribution in [1.82, 2.24) is 0 Å². The van der Waals surface area contributed by atoms with E-state index in [-0.39, 0.29) is 14.6 Å². The third-order valence-corrected chi connectivity index (χ3v) is 1.69. The molecule has 0 aliphatic rings. The normalized spacial score (nSPS) is 12.4. The van der Waals surface area contributed by atoms with Gasteiger partial charge in [0.05, 0.1) is 11.4 Å². The summed E-state index contributed by atoms with van der Waals surface area (Å²) < 4.78 is 10.3. The van der Waals surface area contributed by atoms with E-state index in [0.29, 0.717) is 5.76 Å². The lowest BCUT2D eigenvalue weighted by atomic mass is 10.2. The predicted octanol–water partition coefficient (Wildman–Crippen LogP) is 2.86. The first-order chi connectivity index (χ1) is 4.42. The maximum absolute atomic E-state index is 5.28. The maximum atomic E-state index is 5.28. The van der Waals surface area contributed by atoms with Gasteiger partial charge in [-0.1, -0.05) is 6.58 Å². The SMILES string of the molecule is C=C(C)OPOC(C)(C)C. The quantitative estimate of drug-likeness (QED) is 0.469. The molecular formula is C7H15O2P. The van der Waals surface area contributed by atoms with Gasteiger partial charge < -0.3 is 9.05 Å². The average molecular weight is 162 g/mol. The summed E-state index contributed by atoms with van der Waals surface area (Å²) in [6, 6.07) is 0. The second kappa shape index (κ2) is 3.95. The minimum absolute atomic E-state index is 0.0644. The van der Waals surface area contributed by atoms with Gasteiger partial charge in [-0.25, -0.2) is 0 Å². The first-order valence-electron chi connectivity index (χ1n) is 3.17. The molecule has 0 aromatic heterocycles. The van der Waals surface area contributed by atoms with E-state index in [2.05, 4.69) is 6.58 Å². The van der Waals surface area contributed by atoms with Crippen molar-refractivity contribution in [2.24, 2.45) is 0 Å². The molecule has 0 amide bonds. The zero-order chi connectivity index (χ0) is 8.20. The van der Waals surface area contributed by atoms with Crippen molar-refractivity contribution in [2.75, 3.05) is 0 Å². The zero-order valence-electron chi connectivity index (χ0n) is 7.02. The molecule has 0 N–H and O–H groups in total. The molecule has 0 fully saturated rings. The van der Waals surface area contributed by atoms with E-state index in [4.69, 9.17) is 9.05 Å². The highest BCUT2D eigenvalue weighted by molar-refractivity contribution is 7.26. The van der Waals surface area contributed by atoms with E-state index in [0.717, 1.165) is 0 Å². The summed E-state index contributed by atoms with van der Waals surface area (Å²) in [5.74, 6) is 0.697. The minimum atomic E-state index is -0.117. The van der Waals surface area contributed by atoms with Gasteiger partial charge >= 0.3 is 0 Å². The summed E-state index contributed by atoms with van der Waals surface area (Å²) in [5, 5.41) is 0. The highest BCUT2D eigenvalue weighted by atomic mass is 31.1. The monoisotopic (exact) mass is 162 g/mol. The van der Waals surface area contributed by atoms with E-state index in [1.54, 1.807) is 6.92 Å². The van der Waals surface area contributed by atoms with Gasteiger partial charge in [-0.15, -0.1) is 0 Å². The first kappa shape index (κ1) is 9.93. The molecular weight excluding hydrogens is 147 g/mol. The molecule has 0 spiro atoms. The fourth-order valence-corrected chi connectivity index (χ4v) is 0.651. The molecule has 10 heavy (non-hydrogen) atoms. The Morgan fingerprint density at radius 3 is 2.20 bits per heavy atom. The van der Waals surface area contributed by atoms with Gasteiger partial charge in [-0.3, -0.25) is 0 Å². The summed E-state index contributed by atoms with van der Waals surface area (Å²) >= 11 is 0. The van der Waals surface area contributed by atoms with Crippen LogP contribution in [0.15, 0.2) is 12.3 Å². The van der Waals surface area contributed by atoms with Gasteiger partial charge in [0.25, 0.3) is 0 Å². The Bertz CT molecular complexity index is 115. The van der Waals surface area contributed by atoms with Crippen molar-refractivity contribution in [3.05, 3.63) is 12.3 Å². The van der Waals surface area contributed by atoms with Crippen LogP contribution in [-0.4, -0.2) is 5.60 Å². The fourth-order valence-electron chi connectivity index (χ4n) is 0.217. The molecule has 0 aliphatic heterocycles. The van der Waals surface area contributed by atoms with Crippen LogP contribution in [0.2, 0.25) is 0 Å². The largest absolute Gasteiger partial charge is 0.455 e. The number of hydrogen-bond acceptors (Lipinski definition) is 2. The van der Waals surface area contributed by atoms with Crippen LogP contribution in [-0.2, 0) is 9.05 Å². The van der Waals surface area contributed by atoms with Gasteiger partial charge in [0.2, 0.25) is 9.03 Å². The number of allylic oxidation sites excluding steroid dienone is 1. The van der Waals surface area contributed by atoms with E-state index in [1.807, 2.05) is 20.8 Å². The molecule has 60 valence electrons. The Morgan fingerprint density at radius 2 is 1.90 bits per heavy atom. The summed E-state index contributed by atoms with van der Waals surface area (Å²) in [4.78, 5) is 0. The topological polar surface area (TPSA) is 18.5 Å². The second-order valence-corrected chi connectivity index (χ2v) is 3.68. The van der Waals surface area contributed by atoms with Crippen molar-refractivity contribution in [1.29, 1.82) is 0 Å². The van der Waals surface area contributed by atoms with Crippen LogP contribution >= 0.6 is 9.03 Å². The van der Waals surface area contributed by atoms with Gasteiger partial charge in [-0.2, -0.15) is 0 Å². The van der Waals surface area contributed by atoms with Crippen LogP contribution in [0, 0.1) is 0 Å². The van der Waals surface area contributed by atoms with Crippen LogP contribution in [0.4, 0.5) is 0 Å². The molecule has 0 radical (unpaired) electrons. The van der Waals surface area contributed by atoms with Crippen molar-refractivity contribution in [2.45, 2.75) is 33.3 Å². The van der Waals surface area contributed by atoms with Crippen LogP contribution in [0.5, 0.6) is 0 Å². The summed E-state index contributed by atoms with van der Waals surface area (Å²) in [5.41, 5.74) is -0.117. The van der Waals surface area contributed by atoms with Gasteiger partial charge in [0, 0.05) is 0 Å². The lowest BCUT2D eigenvalue weighted by Gasteiger charge is -2.18. The third kappa shape index (κ3) is 7.93. The molecule has 0 saturated carbocycles. The van der Waals surface area contributed by atoms with E-state index < -0.39 is 0 Å². The molecule has 1 atom stereocenters. The minimum Gasteiger partial charge on any atom is -0.455 e. The Balaban J connectivity index is 3.29. The number of hydrogen-bond donors (Lipinski definition) is 0. The third-order valence-electron chi connectivity index (χ3n) is 0.564. The summed E-state index contributed by atoms with van der Waals surface area (Å²) in [6.45, 7) is 11.3. The van der Waals surface area contributed by atoms with Crippen LogP contribution < -0.4 is 0 Å². The molecule has 0 rings (SSSR count). The van der Waals surface area contributed by atoms with Crippen molar-refractivity contribution >= 4 is 9.03 Å². The molecule has 3 heteroatoms. The van der Waals surface area contributed by atoms with Gasteiger partial charge in [-0.05, 0) is 27.7 Å². The lowest BCUT2D eigenvalue weighted by Crippen LogP contribution is -2.13. The summed E-state index contributed by atoms with van der Waals surface area (Å²) in [6.07, 6.45) is 0. The smallest absolute Gasteiger partial charge is 0.215 e. The molecule has 0 aromatic carbocycles. The number of rotatable bonds is 3. The van der Waals surface area contributed by atoms with Gasteiger partial charge in [0.1, 0.15) is 0 Å². The average Bonchev–Trinajstić information content (AvgIpc) is 1.59. The highest BCUT2D eigenvalue weighted by Crippen LogP contribution is 2.25. The molecule has 0 aliphatic carbocycles. The van der Waals surface area contributed by atoms with Crippen molar-refractivity contribution < 1.29 is 9.05 Å². The molecule has 0 bridgehead atoms. The van der Waals surface area contributed by atoms with Crippen LogP contribution in [0.25, 0.3) is 0 Å². The maximum Gasteiger partial charge on any atom is 0.215 e. The molecule has 2 nitrogen and oxygen atoms in total. The molecule has 0 aromatic rings. The highest BCUT2D eigenvalue weighted by Gasteiger charge is 2.09. The Kier molecular flexibility index (Phi) is 3.92. The second-order valence-electron chi connectivity index (χ2n) is 3.10. The van der Waals surface area contributed by atoms with Crippen molar-refractivity contribution in [3.63, 3.8) is 0 Å². The van der Waals surface area contributed by atoms with E-state index in [1.165, 1.54) is 0 Å².